The minimum Gasteiger partial charge on any atom is -0.166 e. The number of alkyl halides is 3. The van der Waals surface area contributed by atoms with Gasteiger partial charge < -0.3 is 0 Å². The Morgan fingerprint density at radius 2 is 1.77 bits per heavy atom. The van der Waals surface area contributed by atoms with E-state index in [1.54, 1.807) is 0 Å². The molecule has 0 saturated carbocycles. The highest BCUT2D eigenvalue weighted by Crippen LogP contribution is 2.30. The first-order chi connectivity index (χ1) is 5.79. The summed E-state index contributed by atoms with van der Waals surface area (Å²) in [5.74, 6) is 0. The predicted octanol–water partition coefficient (Wildman–Crippen LogP) is 4.35. The fraction of sp³-hybridized carbons (Fsp3) is 0.333. The molecule has 0 radical (unpaired) electrons. The molecule has 0 rings (SSSR count). The third kappa shape index (κ3) is 4.31. The Hall–Kier alpha value is -0.510. The van der Waals surface area contributed by atoms with Crippen molar-refractivity contribution in [3.05, 3.63) is 34.4 Å². The van der Waals surface area contributed by atoms with Crippen LogP contribution in [0.1, 0.15) is 13.8 Å². The van der Waals surface area contributed by atoms with Gasteiger partial charge in [0.1, 0.15) is 0 Å². The van der Waals surface area contributed by atoms with Gasteiger partial charge in [0.25, 0.3) is 0 Å². The Bertz CT molecular complexity index is 255. The Kier molecular flexibility index (Phi) is 4.47. The Morgan fingerprint density at radius 1 is 1.31 bits per heavy atom. The van der Waals surface area contributed by atoms with Gasteiger partial charge >= 0.3 is 6.18 Å². The molecule has 0 nitrogen and oxygen atoms in total. The van der Waals surface area contributed by atoms with Gasteiger partial charge in [-0.15, -0.1) is 0 Å². The lowest BCUT2D eigenvalue weighted by atomic mass is 10.1. The van der Waals surface area contributed by atoms with E-state index in [2.05, 4.69) is 22.5 Å². The van der Waals surface area contributed by atoms with Crippen molar-refractivity contribution in [2.24, 2.45) is 0 Å². The molecule has 0 aromatic rings. The molecule has 0 unspecified atom stereocenters. The zero-order chi connectivity index (χ0) is 10.6. The number of hydrogen-bond acceptors (Lipinski definition) is 0. The van der Waals surface area contributed by atoms with Gasteiger partial charge in [-0.25, -0.2) is 0 Å². The molecule has 13 heavy (non-hydrogen) atoms. The SMILES string of the molecule is C=C/C(Br)=C\C(=C(C)C)C(F)(F)F. The quantitative estimate of drug-likeness (QED) is 0.643. The number of hydrogen-bond donors (Lipinski definition) is 0. The van der Waals surface area contributed by atoms with Crippen LogP contribution in [0.3, 0.4) is 0 Å². The standard InChI is InChI=1S/C9H10BrF3/c1-4-7(10)5-8(6(2)3)9(11,12)13/h4-5H,1H2,2-3H3/b7-5+. The normalized spacial score (nSPS) is 12.6. The summed E-state index contributed by atoms with van der Waals surface area (Å²) >= 11 is 2.95. The van der Waals surface area contributed by atoms with Crippen molar-refractivity contribution < 1.29 is 13.2 Å². The Morgan fingerprint density at radius 3 is 2.00 bits per heavy atom. The van der Waals surface area contributed by atoms with Gasteiger partial charge in [0.05, 0.1) is 5.57 Å². The fourth-order valence-corrected chi connectivity index (χ4v) is 0.935. The second-order valence-electron chi connectivity index (χ2n) is 2.64. The van der Waals surface area contributed by atoms with E-state index in [9.17, 15) is 13.2 Å². The van der Waals surface area contributed by atoms with Crippen LogP contribution in [-0.2, 0) is 0 Å². The van der Waals surface area contributed by atoms with E-state index in [1.165, 1.54) is 19.9 Å². The summed E-state index contributed by atoms with van der Waals surface area (Å²) in [6.45, 7) is 6.19. The molecule has 0 fully saturated rings. The third-order valence-corrected chi connectivity index (χ3v) is 1.87. The summed E-state index contributed by atoms with van der Waals surface area (Å²) in [5.41, 5.74) is -0.412. The van der Waals surface area contributed by atoms with Crippen LogP contribution < -0.4 is 0 Å². The van der Waals surface area contributed by atoms with Gasteiger partial charge in [0.15, 0.2) is 0 Å². The molecule has 0 N–H and O–H groups in total. The monoisotopic (exact) mass is 254 g/mol. The number of allylic oxidation sites excluding steroid dienone is 5. The van der Waals surface area contributed by atoms with Gasteiger partial charge in [0, 0.05) is 4.48 Å². The molecule has 0 aliphatic heterocycles. The Labute approximate surface area is 84.0 Å². The summed E-state index contributed by atoms with van der Waals surface area (Å²) in [4.78, 5) is 0. The van der Waals surface area contributed by atoms with Crippen molar-refractivity contribution >= 4 is 15.9 Å². The number of halogens is 4. The lowest BCUT2D eigenvalue weighted by molar-refractivity contribution is -0.0889. The first-order valence-corrected chi connectivity index (χ1v) is 4.32. The van der Waals surface area contributed by atoms with E-state index in [1.807, 2.05) is 0 Å². The van der Waals surface area contributed by atoms with E-state index in [4.69, 9.17) is 0 Å². The zero-order valence-corrected chi connectivity index (χ0v) is 8.96. The average Bonchev–Trinajstić information content (AvgIpc) is 1.96. The smallest absolute Gasteiger partial charge is 0.166 e. The third-order valence-electron chi connectivity index (χ3n) is 1.32. The maximum atomic E-state index is 12.3. The van der Waals surface area contributed by atoms with Crippen LogP contribution in [0.5, 0.6) is 0 Å². The predicted molar refractivity (Wildman–Crippen MR) is 51.6 cm³/mol. The van der Waals surface area contributed by atoms with Crippen LogP contribution in [-0.4, -0.2) is 6.18 Å². The van der Waals surface area contributed by atoms with Gasteiger partial charge in [0.2, 0.25) is 0 Å². The average molecular weight is 255 g/mol. The molecule has 0 aliphatic carbocycles. The van der Waals surface area contributed by atoms with Crippen molar-refractivity contribution in [1.29, 1.82) is 0 Å². The molecule has 0 aliphatic rings. The van der Waals surface area contributed by atoms with Gasteiger partial charge in [-0.2, -0.15) is 13.2 Å². The van der Waals surface area contributed by atoms with Crippen LogP contribution in [0.15, 0.2) is 34.4 Å². The maximum absolute atomic E-state index is 12.3. The van der Waals surface area contributed by atoms with E-state index < -0.39 is 11.7 Å². The van der Waals surface area contributed by atoms with Crippen LogP contribution in [0.25, 0.3) is 0 Å². The second kappa shape index (κ2) is 4.65. The highest BCUT2D eigenvalue weighted by atomic mass is 79.9. The first-order valence-electron chi connectivity index (χ1n) is 3.53. The zero-order valence-electron chi connectivity index (χ0n) is 7.37. The highest BCUT2D eigenvalue weighted by molar-refractivity contribution is 9.11. The van der Waals surface area contributed by atoms with Gasteiger partial charge in [-0.3, -0.25) is 0 Å². The van der Waals surface area contributed by atoms with Gasteiger partial charge in [-0.05, 0) is 19.9 Å². The van der Waals surface area contributed by atoms with Crippen molar-refractivity contribution in [1.82, 2.24) is 0 Å². The van der Waals surface area contributed by atoms with Crippen molar-refractivity contribution in [3.63, 3.8) is 0 Å². The van der Waals surface area contributed by atoms with Crippen molar-refractivity contribution in [2.75, 3.05) is 0 Å². The lowest BCUT2D eigenvalue weighted by Gasteiger charge is -2.09. The molecule has 0 heterocycles. The van der Waals surface area contributed by atoms with E-state index in [0.717, 1.165) is 6.08 Å². The largest absolute Gasteiger partial charge is 0.416 e. The summed E-state index contributed by atoms with van der Waals surface area (Å²) in [6.07, 6.45) is -1.97. The summed E-state index contributed by atoms with van der Waals surface area (Å²) < 4.78 is 37.3. The number of rotatable bonds is 2. The van der Waals surface area contributed by atoms with Crippen molar-refractivity contribution in [2.45, 2.75) is 20.0 Å². The molecule has 0 bridgehead atoms. The van der Waals surface area contributed by atoms with Crippen molar-refractivity contribution in [3.8, 4) is 0 Å². The van der Waals surface area contributed by atoms with Gasteiger partial charge in [-0.1, -0.05) is 34.2 Å². The molecule has 0 atom stereocenters. The van der Waals surface area contributed by atoms with Crippen LogP contribution in [0.2, 0.25) is 0 Å². The van der Waals surface area contributed by atoms with E-state index in [0.29, 0.717) is 4.48 Å². The summed E-state index contributed by atoms with van der Waals surface area (Å²) in [7, 11) is 0. The molecule has 0 aromatic carbocycles. The molecule has 0 saturated heterocycles. The lowest BCUT2D eigenvalue weighted by Crippen LogP contribution is -2.11. The second-order valence-corrected chi connectivity index (χ2v) is 3.56. The van der Waals surface area contributed by atoms with E-state index in [-0.39, 0.29) is 5.57 Å². The summed E-state index contributed by atoms with van der Waals surface area (Å²) in [5, 5.41) is 0. The van der Waals surface area contributed by atoms with E-state index >= 15 is 0 Å². The molecule has 0 spiro atoms. The van der Waals surface area contributed by atoms with Crippen LogP contribution >= 0.6 is 15.9 Å². The molecule has 4 heteroatoms. The topological polar surface area (TPSA) is 0 Å². The van der Waals surface area contributed by atoms with Crippen LogP contribution in [0.4, 0.5) is 13.2 Å². The fourth-order valence-electron chi connectivity index (χ4n) is 0.706. The highest BCUT2D eigenvalue weighted by Gasteiger charge is 2.32. The maximum Gasteiger partial charge on any atom is 0.416 e. The minimum absolute atomic E-state index is 0.228. The van der Waals surface area contributed by atoms with Crippen LogP contribution in [0, 0.1) is 0 Å². The minimum atomic E-state index is -4.30. The molecule has 74 valence electrons. The Balaban J connectivity index is 5.11. The first kappa shape index (κ1) is 12.5. The summed E-state index contributed by atoms with van der Waals surface area (Å²) in [6, 6.07) is 0. The molecular weight excluding hydrogens is 245 g/mol. The molecule has 0 amide bonds. The molecule has 0 aromatic heterocycles. The molecular formula is C9H10BrF3.